The summed E-state index contributed by atoms with van der Waals surface area (Å²) in [4.78, 5) is 72.8. The molecular weight excluding hydrogens is 773 g/mol. The van der Waals surface area contributed by atoms with Crippen molar-refractivity contribution in [3.05, 3.63) is 84.7 Å². The van der Waals surface area contributed by atoms with Crippen LogP contribution >= 0.6 is 0 Å². The Morgan fingerprint density at radius 2 is 1.30 bits per heavy atom. The number of ether oxygens (including phenoxy) is 2. The number of fused-ring (bicyclic) bond motifs is 2. The number of aromatic nitrogens is 4. The zero-order valence-corrected chi connectivity index (χ0v) is 36.1. The third kappa shape index (κ3) is 7.83. The standard InChI is InChI=1S/C47H56N8O6/c1-24(2)40(52-46(58)60-7)44(56)54-27(6)26(5)19-38(54)42-49-23-36(51-42)34-14-10-12-32-31(11-9-13-33(32)34)28-15-17-29(18-16-28)35-22-48-43(50-35)39-21-30-20-37(30)55(39)45(57)41(25(3)4)53-47(59)61-8/h9-18,22-27,30,37-41H,19-21H2,1-8H3,(H,48,50)(H,49,51)(H,52,58)(H,53,59)/t26-,27?,30?,37?,38+,39+,40+,41+/m1/s1. The summed E-state index contributed by atoms with van der Waals surface area (Å²) in [6.07, 6.45) is 5.04. The molecule has 3 aliphatic rings. The van der Waals surface area contributed by atoms with E-state index in [9.17, 15) is 19.2 Å². The summed E-state index contributed by atoms with van der Waals surface area (Å²) in [5.41, 5.74) is 5.75. The maximum atomic E-state index is 14.1. The largest absolute Gasteiger partial charge is 0.453 e. The molecule has 1 aliphatic carbocycles. The van der Waals surface area contributed by atoms with Crippen molar-refractivity contribution in [2.75, 3.05) is 14.2 Å². The van der Waals surface area contributed by atoms with Crippen LogP contribution < -0.4 is 10.6 Å². The molecular formula is C47H56N8O6. The van der Waals surface area contributed by atoms with Gasteiger partial charge in [0.1, 0.15) is 23.7 Å². The monoisotopic (exact) mass is 828 g/mol. The number of nitrogens with one attached hydrogen (secondary N) is 4. The SMILES string of the molecule is COC(=O)N[C@H](C(=O)N1C2CC2C[C@H]1c1ncc(-c2ccc(-c3cccc4c(-c5c[nH]c([C@@H]6C[C@@H](C)C(C)N6C(=O)[C@@H](NC(=O)OC)C(C)C)n5)cccc34)cc2)[nH]1)C(C)C. The summed E-state index contributed by atoms with van der Waals surface area (Å²) >= 11 is 0. The number of hydrogen-bond acceptors (Lipinski definition) is 8. The zero-order chi connectivity index (χ0) is 43.3. The van der Waals surface area contributed by atoms with E-state index in [0.29, 0.717) is 11.7 Å². The van der Waals surface area contributed by atoms with Crippen LogP contribution in [0.15, 0.2) is 73.1 Å². The molecule has 3 fully saturated rings. The van der Waals surface area contributed by atoms with Gasteiger partial charge in [-0.1, -0.05) is 95.3 Å². The highest BCUT2D eigenvalue weighted by atomic mass is 16.5. The van der Waals surface area contributed by atoms with Crippen molar-refractivity contribution in [2.45, 2.75) is 97.1 Å². The van der Waals surface area contributed by atoms with E-state index in [4.69, 9.17) is 19.4 Å². The molecule has 4 amide bonds. The minimum Gasteiger partial charge on any atom is -0.453 e. The predicted octanol–water partition coefficient (Wildman–Crippen LogP) is 8.01. The van der Waals surface area contributed by atoms with Crippen LogP contribution in [-0.2, 0) is 19.1 Å². The molecule has 61 heavy (non-hydrogen) atoms. The molecule has 14 heteroatoms. The minimum absolute atomic E-state index is 0.0479. The molecule has 2 saturated heterocycles. The van der Waals surface area contributed by atoms with Gasteiger partial charge >= 0.3 is 12.2 Å². The lowest BCUT2D eigenvalue weighted by Gasteiger charge is -2.33. The smallest absolute Gasteiger partial charge is 0.407 e. The van der Waals surface area contributed by atoms with Crippen molar-refractivity contribution >= 4 is 34.8 Å². The van der Waals surface area contributed by atoms with E-state index >= 15 is 0 Å². The zero-order valence-electron chi connectivity index (χ0n) is 36.1. The normalized spacial score (nSPS) is 22.9. The van der Waals surface area contributed by atoms with Gasteiger partial charge in [0.25, 0.3) is 0 Å². The summed E-state index contributed by atoms with van der Waals surface area (Å²) in [5, 5.41) is 7.63. The average molecular weight is 829 g/mol. The Labute approximate surface area is 356 Å². The van der Waals surface area contributed by atoms with E-state index in [1.807, 2.05) is 56.0 Å². The first-order chi connectivity index (χ1) is 29.3. The number of rotatable bonds is 11. The average Bonchev–Trinajstić information content (AvgIpc) is 3.69. The number of aromatic amines is 2. The number of alkyl carbamates (subject to hydrolysis) is 2. The number of nitrogens with zero attached hydrogens (tertiary/aromatic N) is 4. The second kappa shape index (κ2) is 16.7. The van der Waals surface area contributed by atoms with Crippen molar-refractivity contribution in [2.24, 2.45) is 23.7 Å². The molecule has 3 unspecified atom stereocenters. The van der Waals surface area contributed by atoms with Gasteiger partial charge in [-0.15, -0.1) is 0 Å². The first kappa shape index (κ1) is 41.5. The lowest BCUT2D eigenvalue weighted by molar-refractivity contribution is -0.138. The van der Waals surface area contributed by atoms with Crippen LogP contribution in [-0.4, -0.2) is 92.1 Å². The summed E-state index contributed by atoms with van der Waals surface area (Å²) < 4.78 is 9.65. The highest BCUT2D eigenvalue weighted by molar-refractivity contribution is 6.04. The van der Waals surface area contributed by atoms with E-state index in [0.717, 1.165) is 69.5 Å². The maximum Gasteiger partial charge on any atom is 0.407 e. The van der Waals surface area contributed by atoms with E-state index in [1.54, 1.807) is 0 Å². The second-order valence-corrected chi connectivity index (χ2v) is 17.6. The van der Waals surface area contributed by atoms with Crippen molar-refractivity contribution < 1.29 is 28.7 Å². The van der Waals surface area contributed by atoms with E-state index in [1.165, 1.54) is 14.2 Å². The number of hydrogen-bond donors (Lipinski definition) is 4. The summed E-state index contributed by atoms with van der Waals surface area (Å²) in [7, 11) is 2.60. The van der Waals surface area contributed by atoms with Gasteiger partial charge in [0.2, 0.25) is 11.8 Å². The van der Waals surface area contributed by atoms with Crippen molar-refractivity contribution in [3.8, 4) is 33.6 Å². The minimum atomic E-state index is -0.730. The number of methoxy groups -OCH3 is 2. The number of carbonyl (C=O) groups excluding carboxylic acids is 4. The molecule has 4 N–H and O–H groups in total. The number of imidazole rings is 2. The van der Waals surface area contributed by atoms with Gasteiger partial charge in [-0.25, -0.2) is 19.6 Å². The number of H-pyrrole nitrogens is 2. The quantitative estimate of drug-likeness (QED) is 0.104. The van der Waals surface area contributed by atoms with Crippen LogP contribution in [0.5, 0.6) is 0 Å². The second-order valence-electron chi connectivity index (χ2n) is 17.6. The number of likely N-dealkylation sites (tertiary alicyclic amines) is 2. The van der Waals surface area contributed by atoms with E-state index in [2.05, 4.69) is 89.0 Å². The van der Waals surface area contributed by atoms with Crippen molar-refractivity contribution in [3.63, 3.8) is 0 Å². The molecule has 8 rings (SSSR count). The molecule has 8 atom stereocenters. The van der Waals surface area contributed by atoms with Crippen LogP contribution in [0.4, 0.5) is 9.59 Å². The molecule has 3 aromatic carbocycles. The van der Waals surface area contributed by atoms with Crippen LogP contribution in [0.1, 0.15) is 84.5 Å². The van der Waals surface area contributed by atoms with Gasteiger partial charge in [0, 0.05) is 23.8 Å². The Hall–Kier alpha value is -6.18. The topological polar surface area (TPSA) is 175 Å². The van der Waals surface area contributed by atoms with Gasteiger partial charge in [-0.05, 0) is 77.3 Å². The van der Waals surface area contributed by atoms with E-state index in [-0.39, 0.29) is 53.7 Å². The lowest BCUT2D eigenvalue weighted by Crippen LogP contribution is -2.53. The third-order valence-corrected chi connectivity index (χ3v) is 13.1. The van der Waals surface area contributed by atoms with Crippen LogP contribution in [0.25, 0.3) is 44.4 Å². The molecule has 0 bridgehead atoms. The first-order valence-corrected chi connectivity index (χ1v) is 21.4. The summed E-state index contributed by atoms with van der Waals surface area (Å²) in [6.45, 7) is 11.9. The van der Waals surface area contributed by atoms with Crippen LogP contribution in [0.3, 0.4) is 0 Å². The highest BCUT2D eigenvalue weighted by Crippen LogP contribution is 2.53. The van der Waals surface area contributed by atoms with Gasteiger partial charge < -0.3 is 39.9 Å². The maximum absolute atomic E-state index is 14.1. The summed E-state index contributed by atoms with van der Waals surface area (Å²) in [5.74, 6) is 1.63. The third-order valence-electron chi connectivity index (χ3n) is 13.1. The molecule has 2 aliphatic heterocycles. The Morgan fingerprint density at radius 1 is 0.721 bits per heavy atom. The lowest BCUT2D eigenvalue weighted by atomic mass is 9.94. The Bertz CT molecular complexity index is 2440. The summed E-state index contributed by atoms with van der Waals surface area (Å²) in [6, 6.07) is 19.2. The molecule has 0 spiro atoms. The fraction of sp³-hybridized carbons (Fsp3) is 0.447. The Morgan fingerprint density at radius 3 is 1.92 bits per heavy atom. The molecule has 1 saturated carbocycles. The molecule has 14 nitrogen and oxygen atoms in total. The number of carbonyl (C=O) groups is 4. The fourth-order valence-electron chi connectivity index (χ4n) is 9.47. The Balaban J connectivity index is 1.02. The molecule has 2 aromatic heterocycles. The highest BCUT2D eigenvalue weighted by Gasteiger charge is 2.56. The van der Waals surface area contributed by atoms with Crippen LogP contribution in [0.2, 0.25) is 0 Å². The van der Waals surface area contributed by atoms with Gasteiger partial charge in [0.15, 0.2) is 0 Å². The number of amides is 4. The molecule has 4 heterocycles. The van der Waals surface area contributed by atoms with Crippen molar-refractivity contribution in [1.82, 2.24) is 40.4 Å². The van der Waals surface area contributed by atoms with Crippen LogP contribution in [0, 0.1) is 23.7 Å². The van der Waals surface area contributed by atoms with E-state index < -0.39 is 24.3 Å². The molecule has 5 aromatic rings. The van der Waals surface area contributed by atoms with Crippen molar-refractivity contribution in [1.29, 1.82) is 0 Å². The van der Waals surface area contributed by atoms with Gasteiger partial charge in [-0.2, -0.15) is 0 Å². The molecule has 320 valence electrons. The predicted molar refractivity (Wildman–Crippen MR) is 232 cm³/mol. The molecule has 0 radical (unpaired) electrons. The van der Waals surface area contributed by atoms with Gasteiger partial charge in [0.05, 0.1) is 43.9 Å². The number of benzene rings is 3. The number of piperidine rings is 1. The first-order valence-electron chi connectivity index (χ1n) is 21.4. The van der Waals surface area contributed by atoms with Gasteiger partial charge in [-0.3, -0.25) is 9.59 Å². The fourth-order valence-corrected chi connectivity index (χ4v) is 9.47. The Kier molecular flexibility index (Phi) is 11.4.